The molecule has 0 radical (unpaired) electrons. The lowest BCUT2D eigenvalue weighted by atomic mass is 9.77. The summed E-state index contributed by atoms with van der Waals surface area (Å²) in [6.45, 7) is 0.989. The third kappa shape index (κ3) is 1.62. The van der Waals surface area contributed by atoms with Crippen LogP contribution in [0.5, 0.6) is 0 Å². The van der Waals surface area contributed by atoms with E-state index in [2.05, 4.69) is 15.7 Å². The molecule has 14 heavy (non-hydrogen) atoms. The minimum Gasteiger partial charge on any atom is -0.368 e. The molecule has 1 aromatic rings. The van der Waals surface area contributed by atoms with Crippen molar-refractivity contribution in [2.45, 2.75) is 24.8 Å². The largest absolute Gasteiger partial charge is 0.368 e. The fourth-order valence-corrected chi connectivity index (χ4v) is 1.93. The highest BCUT2D eigenvalue weighted by molar-refractivity contribution is 5.34. The van der Waals surface area contributed by atoms with Crippen LogP contribution in [0.25, 0.3) is 0 Å². The van der Waals surface area contributed by atoms with Crippen LogP contribution in [0, 0.1) is 0 Å². The number of aryl methyl sites for hydroxylation is 1. The minimum atomic E-state index is 0.324. The van der Waals surface area contributed by atoms with Gasteiger partial charge in [-0.25, -0.2) is 0 Å². The van der Waals surface area contributed by atoms with Gasteiger partial charge in [0.2, 0.25) is 0 Å². The number of rotatable bonds is 4. The van der Waals surface area contributed by atoms with Gasteiger partial charge < -0.3 is 10.6 Å². The Hall–Kier alpha value is -1.03. The van der Waals surface area contributed by atoms with Gasteiger partial charge in [-0.15, -0.1) is 0 Å². The lowest BCUT2D eigenvalue weighted by Gasteiger charge is -2.42. The predicted molar refractivity (Wildman–Crippen MR) is 57.3 cm³/mol. The van der Waals surface area contributed by atoms with E-state index in [1.807, 2.05) is 31.0 Å². The molecule has 4 heteroatoms. The monoisotopic (exact) mass is 194 g/mol. The second-order valence-corrected chi connectivity index (χ2v) is 4.08. The van der Waals surface area contributed by atoms with E-state index < -0.39 is 0 Å². The number of hydrogen-bond acceptors (Lipinski definition) is 3. The molecule has 4 nitrogen and oxygen atoms in total. The van der Waals surface area contributed by atoms with Crippen molar-refractivity contribution in [3.8, 4) is 0 Å². The van der Waals surface area contributed by atoms with Crippen molar-refractivity contribution in [3.63, 3.8) is 0 Å². The van der Waals surface area contributed by atoms with E-state index in [1.54, 1.807) is 0 Å². The molecule has 1 aliphatic carbocycles. The highest BCUT2D eigenvalue weighted by atomic mass is 15.3. The summed E-state index contributed by atoms with van der Waals surface area (Å²) >= 11 is 0. The molecular weight excluding hydrogens is 176 g/mol. The lowest BCUT2D eigenvalue weighted by Crippen LogP contribution is -2.54. The molecule has 0 atom stereocenters. The molecule has 0 spiro atoms. The van der Waals surface area contributed by atoms with Crippen LogP contribution in [0.4, 0.5) is 5.82 Å². The molecule has 0 bridgehead atoms. The maximum absolute atomic E-state index is 4.12. The van der Waals surface area contributed by atoms with Gasteiger partial charge in [-0.05, 0) is 26.3 Å². The van der Waals surface area contributed by atoms with Crippen LogP contribution in [0.3, 0.4) is 0 Å². The van der Waals surface area contributed by atoms with E-state index in [1.165, 1.54) is 19.3 Å². The van der Waals surface area contributed by atoms with Gasteiger partial charge in [-0.2, -0.15) is 5.10 Å². The summed E-state index contributed by atoms with van der Waals surface area (Å²) in [6.07, 6.45) is 5.70. The average Bonchev–Trinajstić information content (AvgIpc) is 2.51. The smallest absolute Gasteiger partial charge is 0.123 e. The molecule has 2 rings (SSSR count). The zero-order valence-corrected chi connectivity index (χ0v) is 8.88. The molecule has 2 N–H and O–H groups in total. The fraction of sp³-hybridized carbons (Fsp3) is 0.700. The van der Waals surface area contributed by atoms with Crippen LogP contribution < -0.4 is 10.6 Å². The van der Waals surface area contributed by atoms with Crippen molar-refractivity contribution in [1.29, 1.82) is 0 Å². The first-order valence-electron chi connectivity index (χ1n) is 5.17. The summed E-state index contributed by atoms with van der Waals surface area (Å²) in [5, 5.41) is 10.9. The topological polar surface area (TPSA) is 41.9 Å². The minimum absolute atomic E-state index is 0.324. The van der Waals surface area contributed by atoms with Gasteiger partial charge in [-0.3, -0.25) is 4.68 Å². The predicted octanol–water partition coefficient (Wildman–Crippen LogP) is 0.974. The molecular formula is C10H18N4. The van der Waals surface area contributed by atoms with E-state index in [-0.39, 0.29) is 0 Å². The Morgan fingerprint density at radius 3 is 2.79 bits per heavy atom. The van der Waals surface area contributed by atoms with Gasteiger partial charge in [0.15, 0.2) is 0 Å². The van der Waals surface area contributed by atoms with Crippen LogP contribution in [-0.2, 0) is 7.05 Å². The van der Waals surface area contributed by atoms with Crippen molar-refractivity contribution in [2.24, 2.45) is 7.05 Å². The third-order valence-corrected chi connectivity index (χ3v) is 3.27. The Bertz CT molecular complexity index is 295. The summed E-state index contributed by atoms with van der Waals surface area (Å²) in [6, 6.07) is 2.00. The number of nitrogens with zero attached hydrogens (tertiary/aromatic N) is 2. The summed E-state index contributed by atoms with van der Waals surface area (Å²) in [5.41, 5.74) is 0.324. The lowest BCUT2D eigenvalue weighted by molar-refractivity contribution is 0.214. The second kappa shape index (κ2) is 3.61. The molecule has 0 amide bonds. The molecule has 0 aromatic carbocycles. The highest BCUT2D eigenvalue weighted by Crippen LogP contribution is 2.31. The molecule has 1 fully saturated rings. The SMILES string of the molecule is CNC1(CNc2ccnn2C)CCC1. The van der Waals surface area contributed by atoms with Crippen molar-refractivity contribution < 1.29 is 0 Å². The van der Waals surface area contributed by atoms with Crippen LogP contribution in [-0.4, -0.2) is 28.9 Å². The molecule has 0 aliphatic heterocycles. The van der Waals surface area contributed by atoms with Gasteiger partial charge >= 0.3 is 0 Å². The fourth-order valence-electron chi connectivity index (χ4n) is 1.93. The first kappa shape index (κ1) is 9.52. The summed E-state index contributed by atoms with van der Waals surface area (Å²) in [7, 11) is 4.00. The van der Waals surface area contributed by atoms with Crippen LogP contribution >= 0.6 is 0 Å². The van der Waals surface area contributed by atoms with Crippen molar-refractivity contribution in [3.05, 3.63) is 12.3 Å². The maximum atomic E-state index is 4.12. The number of nitrogens with one attached hydrogen (secondary N) is 2. The molecule has 1 heterocycles. The van der Waals surface area contributed by atoms with Crippen molar-refractivity contribution >= 4 is 5.82 Å². The Morgan fingerprint density at radius 2 is 2.36 bits per heavy atom. The molecule has 1 saturated carbocycles. The third-order valence-electron chi connectivity index (χ3n) is 3.27. The van der Waals surface area contributed by atoms with Gasteiger partial charge in [0.25, 0.3) is 0 Å². The maximum Gasteiger partial charge on any atom is 0.123 e. The summed E-state index contributed by atoms with van der Waals surface area (Å²) in [5.74, 6) is 1.09. The van der Waals surface area contributed by atoms with Crippen LogP contribution in [0.2, 0.25) is 0 Å². The van der Waals surface area contributed by atoms with Gasteiger partial charge in [0.1, 0.15) is 5.82 Å². The van der Waals surface area contributed by atoms with E-state index in [0.29, 0.717) is 5.54 Å². The summed E-state index contributed by atoms with van der Waals surface area (Å²) < 4.78 is 1.86. The Balaban J connectivity index is 1.90. The molecule has 78 valence electrons. The van der Waals surface area contributed by atoms with E-state index in [9.17, 15) is 0 Å². The van der Waals surface area contributed by atoms with Crippen LogP contribution in [0.1, 0.15) is 19.3 Å². The number of likely N-dealkylation sites (N-methyl/N-ethyl adjacent to an activating group) is 1. The standard InChI is InChI=1S/C10H18N4/c1-11-10(5-3-6-10)8-12-9-4-7-13-14(9)2/h4,7,11-12H,3,5-6,8H2,1-2H3. The molecule has 0 saturated heterocycles. The second-order valence-electron chi connectivity index (χ2n) is 4.08. The molecule has 1 aromatic heterocycles. The average molecular weight is 194 g/mol. The number of aromatic nitrogens is 2. The number of hydrogen-bond donors (Lipinski definition) is 2. The Kier molecular flexibility index (Phi) is 2.46. The first-order chi connectivity index (χ1) is 6.76. The van der Waals surface area contributed by atoms with E-state index >= 15 is 0 Å². The summed E-state index contributed by atoms with van der Waals surface area (Å²) in [4.78, 5) is 0. The van der Waals surface area contributed by atoms with Crippen LogP contribution in [0.15, 0.2) is 12.3 Å². The van der Waals surface area contributed by atoms with Crippen molar-refractivity contribution in [2.75, 3.05) is 18.9 Å². The molecule has 0 unspecified atom stereocenters. The van der Waals surface area contributed by atoms with E-state index in [0.717, 1.165) is 12.4 Å². The Morgan fingerprint density at radius 1 is 1.57 bits per heavy atom. The zero-order valence-electron chi connectivity index (χ0n) is 8.88. The van der Waals surface area contributed by atoms with Gasteiger partial charge in [0.05, 0.1) is 6.20 Å². The van der Waals surface area contributed by atoms with E-state index in [4.69, 9.17) is 0 Å². The normalized spacial score (nSPS) is 19.0. The molecule has 1 aliphatic rings. The zero-order chi connectivity index (χ0) is 10.0. The quantitative estimate of drug-likeness (QED) is 0.750. The van der Waals surface area contributed by atoms with Crippen molar-refractivity contribution in [1.82, 2.24) is 15.1 Å². The van der Waals surface area contributed by atoms with Gasteiger partial charge in [-0.1, -0.05) is 0 Å². The first-order valence-corrected chi connectivity index (χ1v) is 5.17. The van der Waals surface area contributed by atoms with Gasteiger partial charge in [0, 0.05) is 25.2 Å². The highest BCUT2D eigenvalue weighted by Gasteiger charge is 2.34. The Labute approximate surface area is 84.7 Å². The number of anilines is 1.